The molecule has 0 radical (unpaired) electrons. The molecule has 0 bridgehead atoms. The first-order valence-corrected chi connectivity index (χ1v) is 10.6. The Morgan fingerprint density at radius 1 is 1.22 bits per heavy atom. The molecule has 142 valence electrons. The Morgan fingerprint density at radius 3 is 2.67 bits per heavy atom. The van der Waals surface area contributed by atoms with Crippen molar-refractivity contribution < 1.29 is 17.9 Å². The van der Waals surface area contributed by atoms with Gasteiger partial charge in [-0.15, -0.1) is 0 Å². The molecule has 6 nitrogen and oxygen atoms in total. The third-order valence-electron chi connectivity index (χ3n) is 4.31. The second-order valence-corrected chi connectivity index (χ2v) is 8.51. The normalized spacial score (nSPS) is 14.0. The van der Waals surface area contributed by atoms with E-state index in [0.29, 0.717) is 17.9 Å². The number of allylic oxidation sites excluding steroid dienone is 4. The molecule has 1 aromatic carbocycles. The largest absolute Gasteiger partial charge is 0.465 e. The highest BCUT2D eigenvalue weighted by molar-refractivity contribution is 7.90. The van der Waals surface area contributed by atoms with Crippen LogP contribution in [0.4, 0.5) is 0 Å². The Balaban J connectivity index is 1.81. The maximum absolute atomic E-state index is 11.8. The van der Waals surface area contributed by atoms with Crippen molar-refractivity contribution in [3.05, 3.63) is 59.4 Å². The molecule has 0 unspecified atom stereocenters. The van der Waals surface area contributed by atoms with Crippen molar-refractivity contribution >= 4 is 27.0 Å². The predicted molar refractivity (Wildman–Crippen MR) is 104 cm³/mol. The molecule has 1 aliphatic carbocycles. The fourth-order valence-corrected chi connectivity index (χ4v) is 3.75. The molecule has 0 aliphatic heterocycles. The third kappa shape index (κ3) is 4.36. The fourth-order valence-electron chi connectivity index (χ4n) is 3.08. The second-order valence-electron chi connectivity index (χ2n) is 6.49. The van der Waals surface area contributed by atoms with Gasteiger partial charge in [-0.3, -0.25) is 9.48 Å². The van der Waals surface area contributed by atoms with E-state index in [0.717, 1.165) is 28.1 Å². The molecule has 7 heteroatoms. The van der Waals surface area contributed by atoms with Crippen molar-refractivity contribution in [3.63, 3.8) is 0 Å². The maximum atomic E-state index is 11.8. The van der Waals surface area contributed by atoms with Crippen molar-refractivity contribution in [3.8, 4) is 0 Å². The lowest BCUT2D eigenvalue weighted by molar-refractivity contribution is -0.144. The lowest BCUT2D eigenvalue weighted by Crippen LogP contribution is -2.16. The lowest BCUT2D eigenvalue weighted by atomic mass is 10.0. The van der Waals surface area contributed by atoms with Crippen molar-refractivity contribution in [1.29, 1.82) is 0 Å². The quantitative estimate of drug-likeness (QED) is 0.713. The number of hydrogen-bond acceptors (Lipinski definition) is 5. The van der Waals surface area contributed by atoms with E-state index in [4.69, 9.17) is 4.74 Å². The summed E-state index contributed by atoms with van der Waals surface area (Å²) in [6, 6.07) is 8.88. The number of aromatic nitrogens is 2. The Hall–Kier alpha value is -2.67. The Kier molecular flexibility index (Phi) is 5.32. The van der Waals surface area contributed by atoms with Crippen LogP contribution in [0.3, 0.4) is 0 Å². The van der Waals surface area contributed by atoms with Gasteiger partial charge in [0.15, 0.2) is 9.84 Å². The van der Waals surface area contributed by atoms with Gasteiger partial charge in [0.05, 0.1) is 22.9 Å². The molecule has 0 fully saturated rings. The van der Waals surface area contributed by atoms with Gasteiger partial charge in [0, 0.05) is 12.7 Å². The Bertz CT molecular complexity index is 1050. The zero-order chi connectivity index (χ0) is 19.6. The van der Waals surface area contributed by atoms with Gasteiger partial charge >= 0.3 is 5.97 Å². The number of ether oxygens (including phenoxy) is 1. The lowest BCUT2D eigenvalue weighted by Gasteiger charge is -2.10. The maximum Gasteiger partial charge on any atom is 0.327 e. The summed E-state index contributed by atoms with van der Waals surface area (Å²) in [4.78, 5) is 12.1. The molecular formula is C20H22N2O4S. The summed E-state index contributed by atoms with van der Waals surface area (Å²) in [5, 5.41) is 4.39. The second kappa shape index (κ2) is 7.52. The monoisotopic (exact) mass is 386 g/mol. The van der Waals surface area contributed by atoms with Gasteiger partial charge in [-0.2, -0.15) is 5.10 Å². The van der Waals surface area contributed by atoms with E-state index >= 15 is 0 Å². The first-order chi connectivity index (χ1) is 12.8. The van der Waals surface area contributed by atoms with Crippen LogP contribution in [0.25, 0.3) is 11.1 Å². The molecule has 27 heavy (non-hydrogen) atoms. The van der Waals surface area contributed by atoms with Crippen LogP contribution in [0.2, 0.25) is 0 Å². The summed E-state index contributed by atoms with van der Waals surface area (Å²) in [6.45, 7) is 4.05. The predicted octanol–water partition coefficient (Wildman–Crippen LogP) is 3.03. The standard InChI is InChI=1S/C20H22N2O4S/c1-4-26-20(23)13-22-19(10-14(2)21-22)17-9-8-16(11-17)15-6-5-7-18(12-15)27(3,24)25/h5-10,12H,4,11,13H2,1-3H3. The minimum absolute atomic E-state index is 0.0627. The number of aryl methyl sites for hydroxylation is 1. The first kappa shape index (κ1) is 19.1. The molecule has 1 aliphatic rings. The van der Waals surface area contributed by atoms with Crippen LogP contribution in [-0.4, -0.2) is 37.0 Å². The summed E-state index contributed by atoms with van der Waals surface area (Å²) >= 11 is 0. The van der Waals surface area contributed by atoms with E-state index < -0.39 is 9.84 Å². The number of nitrogens with zero attached hydrogens (tertiary/aromatic N) is 2. The Labute approximate surface area is 159 Å². The van der Waals surface area contributed by atoms with Gasteiger partial charge in [-0.1, -0.05) is 24.3 Å². The molecule has 1 heterocycles. The number of esters is 1. The zero-order valence-corrected chi connectivity index (χ0v) is 16.4. The van der Waals surface area contributed by atoms with E-state index in [1.54, 1.807) is 29.8 Å². The number of sulfone groups is 1. The van der Waals surface area contributed by atoms with Crippen LogP contribution < -0.4 is 0 Å². The summed E-state index contributed by atoms with van der Waals surface area (Å²) in [5.74, 6) is -0.325. The molecule has 0 atom stereocenters. The Morgan fingerprint density at radius 2 is 1.96 bits per heavy atom. The van der Waals surface area contributed by atoms with E-state index in [1.807, 2.05) is 31.2 Å². The first-order valence-electron chi connectivity index (χ1n) is 8.68. The molecule has 2 aromatic rings. The van der Waals surface area contributed by atoms with Gasteiger partial charge in [0.2, 0.25) is 0 Å². The molecule has 0 saturated heterocycles. The van der Waals surface area contributed by atoms with Gasteiger partial charge < -0.3 is 4.74 Å². The van der Waals surface area contributed by atoms with Gasteiger partial charge in [0.1, 0.15) is 6.54 Å². The van der Waals surface area contributed by atoms with E-state index in [1.165, 1.54) is 6.26 Å². The average molecular weight is 386 g/mol. The third-order valence-corrected chi connectivity index (χ3v) is 5.43. The van der Waals surface area contributed by atoms with Gasteiger partial charge in [-0.05, 0) is 48.8 Å². The van der Waals surface area contributed by atoms with Crippen LogP contribution >= 0.6 is 0 Å². The van der Waals surface area contributed by atoms with Crippen LogP contribution in [0.15, 0.2) is 47.4 Å². The molecule has 0 N–H and O–H groups in total. The van der Waals surface area contributed by atoms with Crippen molar-refractivity contribution in [2.24, 2.45) is 0 Å². The van der Waals surface area contributed by atoms with Crippen molar-refractivity contribution in [2.75, 3.05) is 12.9 Å². The highest BCUT2D eigenvalue weighted by Crippen LogP contribution is 2.34. The van der Waals surface area contributed by atoms with Crippen molar-refractivity contribution in [2.45, 2.75) is 31.7 Å². The highest BCUT2D eigenvalue weighted by atomic mass is 32.2. The minimum Gasteiger partial charge on any atom is -0.465 e. The van der Waals surface area contributed by atoms with Crippen LogP contribution in [0, 0.1) is 6.92 Å². The topological polar surface area (TPSA) is 78.3 Å². The summed E-state index contributed by atoms with van der Waals surface area (Å²) < 4.78 is 30.3. The number of carbonyl (C=O) groups excluding carboxylic acids is 1. The van der Waals surface area contributed by atoms with Gasteiger partial charge in [-0.25, -0.2) is 8.42 Å². The van der Waals surface area contributed by atoms with E-state index in [-0.39, 0.29) is 12.5 Å². The van der Waals surface area contributed by atoms with Gasteiger partial charge in [0.25, 0.3) is 0 Å². The summed E-state index contributed by atoms with van der Waals surface area (Å²) in [7, 11) is -3.25. The SMILES string of the molecule is CCOC(=O)Cn1nc(C)cc1C1=CC=C(c2cccc(S(C)(=O)=O)c2)C1. The molecular weight excluding hydrogens is 364 g/mol. The summed E-state index contributed by atoms with van der Waals surface area (Å²) in [6.07, 6.45) is 5.81. The number of rotatable bonds is 6. The molecule has 0 amide bonds. The highest BCUT2D eigenvalue weighted by Gasteiger charge is 2.19. The van der Waals surface area contributed by atoms with Crippen LogP contribution in [0.1, 0.15) is 30.3 Å². The van der Waals surface area contributed by atoms with Crippen LogP contribution in [-0.2, 0) is 25.9 Å². The average Bonchev–Trinajstić information content (AvgIpc) is 3.21. The van der Waals surface area contributed by atoms with Crippen molar-refractivity contribution in [1.82, 2.24) is 9.78 Å². The molecule has 0 saturated carbocycles. The van der Waals surface area contributed by atoms with Crippen LogP contribution in [0.5, 0.6) is 0 Å². The summed E-state index contributed by atoms with van der Waals surface area (Å²) in [5.41, 5.74) is 4.61. The fraction of sp³-hybridized carbons (Fsp3) is 0.300. The molecule has 0 spiro atoms. The minimum atomic E-state index is -3.25. The number of benzene rings is 1. The van der Waals surface area contributed by atoms with E-state index in [2.05, 4.69) is 5.10 Å². The smallest absolute Gasteiger partial charge is 0.327 e. The number of hydrogen-bond donors (Lipinski definition) is 0. The number of carbonyl (C=O) groups is 1. The zero-order valence-electron chi connectivity index (χ0n) is 15.6. The van der Waals surface area contributed by atoms with E-state index in [9.17, 15) is 13.2 Å². The molecule has 3 rings (SSSR count). The molecule has 1 aromatic heterocycles.